The first kappa shape index (κ1) is 13.8. The molecule has 100 valence electrons. The van der Waals surface area contributed by atoms with E-state index in [1.807, 2.05) is 30.3 Å². The maximum atomic E-state index is 10.1. The summed E-state index contributed by atoms with van der Waals surface area (Å²) in [6.45, 7) is 0.378. The minimum absolute atomic E-state index is 0.378. The van der Waals surface area contributed by atoms with Crippen molar-refractivity contribution in [2.45, 2.75) is 6.10 Å². The fraction of sp³-hybridized carbons (Fsp3) is 0.231. The van der Waals surface area contributed by atoms with Gasteiger partial charge in [-0.3, -0.25) is 0 Å². The lowest BCUT2D eigenvalue weighted by Crippen LogP contribution is -2.13. The summed E-state index contributed by atoms with van der Waals surface area (Å²) in [5, 5.41) is 16.1. The molecule has 2 rings (SSSR count). The van der Waals surface area contributed by atoms with Crippen LogP contribution in [0, 0.1) is 0 Å². The summed E-state index contributed by atoms with van der Waals surface area (Å²) in [4.78, 5) is 8.20. The molecule has 0 fully saturated rings. The Balaban J connectivity index is 2.03. The Morgan fingerprint density at radius 2 is 1.89 bits per heavy atom. The Labute approximate surface area is 120 Å². The number of halogens is 1. The molecule has 0 saturated heterocycles. The molecule has 0 radical (unpaired) electrons. The standard InChI is InChI=1S/C13H15BrN4O/c1-15-12-11(14)13(18-8-17-12)16-7-10(19)9-5-3-2-4-6-9/h2-6,8,10,19H,7H2,1H3,(H2,15,16,17,18). The third-order valence-corrected chi connectivity index (χ3v) is 3.42. The number of aromatic nitrogens is 2. The SMILES string of the molecule is CNc1ncnc(NCC(O)c2ccccc2)c1Br. The Morgan fingerprint density at radius 1 is 1.21 bits per heavy atom. The summed E-state index contributed by atoms with van der Waals surface area (Å²) >= 11 is 3.42. The molecule has 0 aliphatic carbocycles. The summed E-state index contributed by atoms with van der Waals surface area (Å²) in [6, 6.07) is 9.50. The van der Waals surface area contributed by atoms with Crippen LogP contribution < -0.4 is 10.6 Å². The van der Waals surface area contributed by atoms with Gasteiger partial charge in [-0.2, -0.15) is 0 Å². The van der Waals surface area contributed by atoms with Gasteiger partial charge in [-0.05, 0) is 21.5 Å². The summed E-state index contributed by atoms with van der Waals surface area (Å²) in [6.07, 6.45) is 0.884. The van der Waals surface area contributed by atoms with Crippen LogP contribution in [0.2, 0.25) is 0 Å². The van der Waals surface area contributed by atoms with Crippen LogP contribution in [0.5, 0.6) is 0 Å². The molecule has 0 aliphatic rings. The quantitative estimate of drug-likeness (QED) is 0.788. The first-order chi connectivity index (χ1) is 9.22. The van der Waals surface area contributed by atoms with E-state index in [-0.39, 0.29) is 0 Å². The van der Waals surface area contributed by atoms with E-state index in [0.717, 1.165) is 10.0 Å². The zero-order chi connectivity index (χ0) is 13.7. The van der Waals surface area contributed by atoms with Crippen molar-refractivity contribution in [3.63, 3.8) is 0 Å². The number of nitrogens with one attached hydrogen (secondary N) is 2. The van der Waals surface area contributed by atoms with Gasteiger partial charge in [-0.15, -0.1) is 0 Å². The molecule has 6 heteroatoms. The molecule has 0 bridgehead atoms. The maximum Gasteiger partial charge on any atom is 0.146 e. The van der Waals surface area contributed by atoms with E-state index in [1.54, 1.807) is 7.05 Å². The van der Waals surface area contributed by atoms with Crippen molar-refractivity contribution in [3.8, 4) is 0 Å². The van der Waals surface area contributed by atoms with Gasteiger partial charge in [-0.1, -0.05) is 30.3 Å². The highest BCUT2D eigenvalue weighted by atomic mass is 79.9. The first-order valence-corrected chi connectivity index (χ1v) is 6.66. The number of hydrogen-bond donors (Lipinski definition) is 3. The number of aliphatic hydroxyl groups is 1. The number of benzene rings is 1. The topological polar surface area (TPSA) is 70.1 Å². The largest absolute Gasteiger partial charge is 0.387 e. The molecular formula is C13H15BrN4O. The lowest BCUT2D eigenvalue weighted by molar-refractivity contribution is 0.191. The Bertz CT molecular complexity index is 535. The van der Waals surface area contributed by atoms with Crippen molar-refractivity contribution in [3.05, 3.63) is 46.7 Å². The van der Waals surface area contributed by atoms with Crippen molar-refractivity contribution < 1.29 is 5.11 Å². The second kappa shape index (κ2) is 6.49. The zero-order valence-corrected chi connectivity index (χ0v) is 12.1. The summed E-state index contributed by atoms with van der Waals surface area (Å²) < 4.78 is 0.748. The second-order valence-electron chi connectivity index (χ2n) is 3.94. The molecule has 1 unspecified atom stereocenters. The number of anilines is 2. The molecule has 1 heterocycles. The van der Waals surface area contributed by atoms with E-state index in [4.69, 9.17) is 0 Å². The highest BCUT2D eigenvalue weighted by Gasteiger charge is 2.10. The van der Waals surface area contributed by atoms with Crippen molar-refractivity contribution >= 4 is 27.6 Å². The van der Waals surface area contributed by atoms with Crippen LogP contribution in [-0.4, -0.2) is 28.7 Å². The van der Waals surface area contributed by atoms with Crippen LogP contribution in [0.25, 0.3) is 0 Å². The average molecular weight is 323 g/mol. The van der Waals surface area contributed by atoms with Crippen LogP contribution in [0.3, 0.4) is 0 Å². The van der Waals surface area contributed by atoms with E-state index in [0.29, 0.717) is 18.2 Å². The Kier molecular flexibility index (Phi) is 4.70. The number of rotatable bonds is 5. The van der Waals surface area contributed by atoms with Gasteiger partial charge >= 0.3 is 0 Å². The predicted octanol–water partition coefficient (Wildman–Crippen LogP) is 2.43. The van der Waals surface area contributed by atoms with E-state index >= 15 is 0 Å². The molecule has 3 N–H and O–H groups in total. The molecule has 0 spiro atoms. The van der Waals surface area contributed by atoms with E-state index in [2.05, 4.69) is 36.5 Å². The molecule has 2 aromatic rings. The van der Waals surface area contributed by atoms with Gasteiger partial charge in [0.1, 0.15) is 22.4 Å². The van der Waals surface area contributed by atoms with Gasteiger partial charge in [-0.25, -0.2) is 9.97 Å². The van der Waals surface area contributed by atoms with E-state index < -0.39 is 6.10 Å². The third kappa shape index (κ3) is 3.42. The van der Waals surface area contributed by atoms with Crippen molar-refractivity contribution in [2.24, 2.45) is 0 Å². The number of aliphatic hydroxyl groups excluding tert-OH is 1. The van der Waals surface area contributed by atoms with Gasteiger partial charge in [0, 0.05) is 13.6 Å². The lowest BCUT2D eigenvalue weighted by atomic mass is 10.1. The predicted molar refractivity (Wildman–Crippen MR) is 79.2 cm³/mol. The molecule has 0 amide bonds. The highest BCUT2D eigenvalue weighted by molar-refractivity contribution is 9.10. The maximum absolute atomic E-state index is 10.1. The van der Waals surface area contributed by atoms with Gasteiger partial charge in [0.15, 0.2) is 0 Å². The van der Waals surface area contributed by atoms with E-state index in [9.17, 15) is 5.11 Å². The lowest BCUT2D eigenvalue weighted by Gasteiger charge is -2.14. The average Bonchev–Trinajstić information content (AvgIpc) is 2.47. The number of hydrogen-bond acceptors (Lipinski definition) is 5. The van der Waals surface area contributed by atoms with Crippen LogP contribution in [-0.2, 0) is 0 Å². The number of nitrogens with zero attached hydrogens (tertiary/aromatic N) is 2. The summed E-state index contributed by atoms with van der Waals surface area (Å²) in [7, 11) is 1.79. The summed E-state index contributed by atoms with van der Waals surface area (Å²) in [5.41, 5.74) is 0.869. The molecule has 5 nitrogen and oxygen atoms in total. The first-order valence-electron chi connectivity index (χ1n) is 5.87. The minimum atomic E-state index is -0.582. The smallest absolute Gasteiger partial charge is 0.146 e. The van der Waals surface area contributed by atoms with Gasteiger partial charge < -0.3 is 15.7 Å². The fourth-order valence-electron chi connectivity index (χ4n) is 1.65. The monoisotopic (exact) mass is 322 g/mol. The highest BCUT2D eigenvalue weighted by Crippen LogP contribution is 2.26. The molecule has 0 saturated carbocycles. The van der Waals surface area contributed by atoms with Crippen molar-refractivity contribution in [1.29, 1.82) is 0 Å². The van der Waals surface area contributed by atoms with Crippen LogP contribution >= 0.6 is 15.9 Å². The van der Waals surface area contributed by atoms with Gasteiger partial charge in [0.25, 0.3) is 0 Å². The third-order valence-electron chi connectivity index (χ3n) is 2.67. The summed E-state index contributed by atoms with van der Waals surface area (Å²) in [5.74, 6) is 1.35. The van der Waals surface area contributed by atoms with Crippen LogP contribution in [0.4, 0.5) is 11.6 Å². The molecule has 1 aromatic heterocycles. The van der Waals surface area contributed by atoms with Crippen LogP contribution in [0.1, 0.15) is 11.7 Å². The zero-order valence-electron chi connectivity index (χ0n) is 10.5. The minimum Gasteiger partial charge on any atom is -0.387 e. The molecular weight excluding hydrogens is 308 g/mol. The van der Waals surface area contributed by atoms with Gasteiger partial charge in [0.2, 0.25) is 0 Å². The fourth-order valence-corrected chi connectivity index (χ4v) is 2.20. The Hall–Kier alpha value is -1.66. The van der Waals surface area contributed by atoms with Crippen molar-refractivity contribution in [1.82, 2.24) is 9.97 Å². The molecule has 0 aliphatic heterocycles. The van der Waals surface area contributed by atoms with Crippen molar-refractivity contribution in [2.75, 3.05) is 24.2 Å². The van der Waals surface area contributed by atoms with Gasteiger partial charge in [0.05, 0.1) is 6.10 Å². The molecule has 19 heavy (non-hydrogen) atoms. The van der Waals surface area contributed by atoms with Crippen LogP contribution in [0.15, 0.2) is 41.1 Å². The normalized spacial score (nSPS) is 11.9. The molecule has 1 aromatic carbocycles. The van der Waals surface area contributed by atoms with E-state index in [1.165, 1.54) is 6.33 Å². The molecule has 1 atom stereocenters. The Morgan fingerprint density at radius 3 is 2.58 bits per heavy atom. The second-order valence-corrected chi connectivity index (χ2v) is 4.74.